The largest absolute Gasteiger partial charge is 0.396 e. The molecule has 1 aromatic carbocycles. The van der Waals surface area contributed by atoms with Gasteiger partial charge in [0.25, 0.3) is 0 Å². The van der Waals surface area contributed by atoms with Crippen molar-refractivity contribution >= 4 is 21.4 Å². The van der Waals surface area contributed by atoms with Crippen molar-refractivity contribution < 1.29 is 17.9 Å². The van der Waals surface area contributed by atoms with E-state index in [0.29, 0.717) is 24.8 Å². The summed E-state index contributed by atoms with van der Waals surface area (Å²) in [5.41, 5.74) is 0.417. The summed E-state index contributed by atoms with van der Waals surface area (Å²) in [6.45, 7) is 0.0733. The fourth-order valence-electron chi connectivity index (χ4n) is 1.56. The molecule has 0 fully saturated rings. The first-order chi connectivity index (χ1) is 8.44. The van der Waals surface area contributed by atoms with Gasteiger partial charge in [0.1, 0.15) is 5.82 Å². The smallest absolute Gasteiger partial charge is 0.154 e. The van der Waals surface area contributed by atoms with E-state index in [1.807, 2.05) is 0 Å². The Hall–Kier alpha value is -0.650. The van der Waals surface area contributed by atoms with Gasteiger partial charge in [-0.1, -0.05) is 24.1 Å². The second-order valence-corrected chi connectivity index (χ2v) is 6.70. The van der Waals surface area contributed by atoms with Gasteiger partial charge in [-0.2, -0.15) is 0 Å². The second kappa shape index (κ2) is 7.07. The standard InChI is InChI=1S/C12H16ClFO3S/c13-12-8-11(14)5-4-10(12)9-18(16,17)7-3-1-2-6-15/h4-5,8,15H,1-3,6-7,9H2. The predicted octanol–water partition coefficient (Wildman–Crippen LogP) is 2.56. The van der Waals surface area contributed by atoms with Crippen LogP contribution in [0.3, 0.4) is 0 Å². The third kappa shape index (κ3) is 5.33. The lowest BCUT2D eigenvalue weighted by Gasteiger charge is -2.06. The number of unbranched alkanes of at least 4 members (excludes halogenated alkanes) is 2. The van der Waals surface area contributed by atoms with Crippen LogP contribution in [0.2, 0.25) is 5.02 Å². The van der Waals surface area contributed by atoms with Crippen molar-refractivity contribution in [1.82, 2.24) is 0 Å². The normalized spacial score (nSPS) is 11.7. The summed E-state index contributed by atoms with van der Waals surface area (Å²) in [4.78, 5) is 0. The first-order valence-electron chi connectivity index (χ1n) is 5.70. The fraction of sp³-hybridized carbons (Fsp3) is 0.500. The van der Waals surface area contributed by atoms with Gasteiger partial charge in [-0.3, -0.25) is 0 Å². The Morgan fingerprint density at radius 3 is 2.56 bits per heavy atom. The van der Waals surface area contributed by atoms with Crippen molar-refractivity contribution in [3.63, 3.8) is 0 Å². The molecule has 3 nitrogen and oxygen atoms in total. The molecule has 0 unspecified atom stereocenters. The Morgan fingerprint density at radius 1 is 1.22 bits per heavy atom. The Bertz CT molecular complexity index is 488. The molecular formula is C12H16ClFO3S. The van der Waals surface area contributed by atoms with Gasteiger partial charge in [0.05, 0.1) is 11.5 Å². The highest BCUT2D eigenvalue weighted by atomic mass is 35.5. The molecule has 0 aliphatic rings. The van der Waals surface area contributed by atoms with E-state index in [-0.39, 0.29) is 23.1 Å². The number of halogens is 2. The molecule has 0 radical (unpaired) electrons. The van der Waals surface area contributed by atoms with Crippen molar-refractivity contribution in [1.29, 1.82) is 0 Å². The maximum absolute atomic E-state index is 12.8. The number of sulfone groups is 1. The second-order valence-electron chi connectivity index (χ2n) is 4.11. The van der Waals surface area contributed by atoms with Gasteiger partial charge in [0.15, 0.2) is 9.84 Å². The molecule has 0 atom stereocenters. The minimum Gasteiger partial charge on any atom is -0.396 e. The predicted molar refractivity (Wildman–Crippen MR) is 69.8 cm³/mol. The highest BCUT2D eigenvalue weighted by Crippen LogP contribution is 2.20. The Morgan fingerprint density at radius 2 is 1.94 bits per heavy atom. The SMILES string of the molecule is O=S(=O)(CCCCCO)Cc1ccc(F)cc1Cl. The van der Waals surface area contributed by atoms with Crippen LogP contribution in [0.5, 0.6) is 0 Å². The van der Waals surface area contributed by atoms with Crippen LogP contribution in [0.1, 0.15) is 24.8 Å². The van der Waals surface area contributed by atoms with Gasteiger partial charge < -0.3 is 5.11 Å². The summed E-state index contributed by atoms with van der Waals surface area (Å²) in [5, 5.41) is 8.72. The van der Waals surface area contributed by atoms with E-state index in [4.69, 9.17) is 16.7 Å². The molecule has 0 bridgehead atoms. The van der Waals surface area contributed by atoms with Crippen LogP contribution in [-0.2, 0) is 15.6 Å². The first kappa shape index (κ1) is 15.4. The van der Waals surface area contributed by atoms with Crippen molar-refractivity contribution in [2.45, 2.75) is 25.0 Å². The minimum absolute atomic E-state index is 0.0563. The highest BCUT2D eigenvalue weighted by Gasteiger charge is 2.14. The van der Waals surface area contributed by atoms with Crippen LogP contribution < -0.4 is 0 Å². The van der Waals surface area contributed by atoms with Gasteiger partial charge >= 0.3 is 0 Å². The molecule has 6 heteroatoms. The molecule has 0 spiro atoms. The molecule has 0 amide bonds. The molecule has 1 aromatic rings. The molecule has 0 saturated heterocycles. The summed E-state index contributed by atoms with van der Waals surface area (Å²) in [6, 6.07) is 3.70. The molecule has 102 valence electrons. The first-order valence-corrected chi connectivity index (χ1v) is 7.90. The quantitative estimate of drug-likeness (QED) is 0.786. The van der Waals surface area contributed by atoms with E-state index in [1.54, 1.807) is 0 Å². The Labute approximate surface area is 112 Å². The lowest BCUT2D eigenvalue weighted by Crippen LogP contribution is -2.10. The monoisotopic (exact) mass is 294 g/mol. The molecule has 0 aromatic heterocycles. The zero-order chi connectivity index (χ0) is 13.6. The van der Waals surface area contributed by atoms with Crippen molar-refractivity contribution in [3.05, 3.63) is 34.6 Å². The molecule has 1 rings (SSSR count). The van der Waals surface area contributed by atoms with Gasteiger partial charge in [-0.05, 0) is 30.5 Å². The molecule has 0 aliphatic carbocycles. The number of hydrogen-bond acceptors (Lipinski definition) is 3. The fourth-order valence-corrected chi connectivity index (χ4v) is 3.39. The van der Waals surface area contributed by atoms with Gasteiger partial charge in [-0.25, -0.2) is 12.8 Å². The van der Waals surface area contributed by atoms with Crippen LogP contribution in [-0.4, -0.2) is 25.9 Å². The van der Waals surface area contributed by atoms with E-state index in [0.717, 1.165) is 6.07 Å². The number of hydrogen-bond donors (Lipinski definition) is 1. The van der Waals surface area contributed by atoms with Crippen LogP contribution in [0.4, 0.5) is 4.39 Å². The van der Waals surface area contributed by atoms with Crippen LogP contribution in [0.15, 0.2) is 18.2 Å². The lowest BCUT2D eigenvalue weighted by molar-refractivity contribution is 0.284. The summed E-state index contributed by atoms with van der Waals surface area (Å²) in [6.07, 6.45) is 1.79. The van der Waals surface area contributed by atoms with E-state index >= 15 is 0 Å². The highest BCUT2D eigenvalue weighted by molar-refractivity contribution is 7.90. The topological polar surface area (TPSA) is 54.4 Å². The van der Waals surface area contributed by atoms with Gasteiger partial charge in [0.2, 0.25) is 0 Å². The Kier molecular flexibility index (Phi) is 6.05. The molecule has 0 aliphatic heterocycles. The summed E-state index contributed by atoms with van der Waals surface area (Å²) in [7, 11) is -3.24. The lowest BCUT2D eigenvalue weighted by atomic mass is 10.2. The van der Waals surface area contributed by atoms with Crippen molar-refractivity contribution in [2.24, 2.45) is 0 Å². The summed E-state index contributed by atoms with van der Waals surface area (Å²) >= 11 is 5.78. The van der Waals surface area contributed by atoms with Crippen molar-refractivity contribution in [3.8, 4) is 0 Å². The van der Waals surface area contributed by atoms with E-state index < -0.39 is 15.7 Å². The third-order valence-electron chi connectivity index (χ3n) is 2.50. The number of benzene rings is 1. The van der Waals surface area contributed by atoms with Crippen LogP contribution in [0.25, 0.3) is 0 Å². The maximum atomic E-state index is 12.8. The molecule has 0 heterocycles. The maximum Gasteiger partial charge on any atom is 0.154 e. The van der Waals surface area contributed by atoms with Crippen molar-refractivity contribution in [2.75, 3.05) is 12.4 Å². The average molecular weight is 295 g/mol. The summed E-state index contributed by atoms with van der Waals surface area (Å²) < 4.78 is 36.4. The number of aliphatic hydroxyl groups excluding tert-OH is 1. The van der Waals surface area contributed by atoms with Gasteiger partial charge in [-0.15, -0.1) is 0 Å². The molecule has 1 N–H and O–H groups in total. The van der Waals surface area contributed by atoms with Crippen LogP contribution >= 0.6 is 11.6 Å². The third-order valence-corrected chi connectivity index (χ3v) is 4.52. The summed E-state index contributed by atoms with van der Waals surface area (Å²) in [5.74, 6) is -0.601. The zero-order valence-corrected chi connectivity index (χ0v) is 11.5. The van der Waals surface area contributed by atoms with E-state index in [2.05, 4.69) is 0 Å². The minimum atomic E-state index is -3.24. The molecule has 0 saturated carbocycles. The average Bonchev–Trinajstić information content (AvgIpc) is 2.28. The van der Waals surface area contributed by atoms with E-state index in [9.17, 15) is 12.8 Å². The molecule has 18 heavy (non-hydrogen) atoms. The molecular weight excluding hydrogens is 279 g/mol. The number of rotatable bonds is 7. The van der Waals surface area contributed by atoms with Gasteiger partial charge in [0, 0.05) is 11.6 Å². The number of aliphatic hydroxyl groups is 1. The Balaban J connectivity index is 2.59. The van der Waals surface area contributed by atoms with E-state index in [1.165, 1.54) is 12.1 Å². The van der Waals surface area contributed by atoms with Crippen LogP contribution in [0, 0.1) is 5.82 Å². The zero-order valence-electron chi connectivity index (χ0n) is 9.90.